The van der Waals surface area contributed by atoms with E-state index in [1.807, 2.05) is 18.2 Å². The molecule has 2 unspecified atom stereocenters. The van der Waals surface area contributed by atoms with E-state index >= 15 is 0 Å². The Bertz CT molecular complexity index is 384. The molecule has 0 aromatic heterocycles. The average molecular weight is 250 g/mol. The van der Waals surface area contributed by atoms with Crippen LogP contribution in [0.5, 0.6) is 5.75 Å². The molecule has 0 bridgehead atoms. The van der Waals surface area contributed by atoms with Crippen molar-refractivity contribution >= 4 is 5.69 Å². The van der Waals surface area contributed by atoms with E-state index in [4.69, 9.17) is 15.2 Å². The van der Waals surface area contributed by atoms with Gasteiger partial charge in [-0.1, -0.05) is 6.07 Å². The summed E-state index contributed by atoms with van der Waals surface area (Å²) in [6, 6.07) is 8.31. The molecular formula is C14H22N2O2. The SMILES string of the molecule is COc1cccc(N(C)CC2COCCC2N)c1. The molecule has 0 saturated carbocycles. The quantitative estimate of drug-likeness (QED) is 0.879. The molecule has 1 aliphatic rings. The zero-order valence-corrected chi connectivity index (χ0v) is 11.1. The highest BCUT2D eigenvalue weighted by Gasteiger charge is 2.23. The van der Waals surface area contributed by atoms with Crippen molar-refractivity contribution in [2.45, 2.75) is 12.5 Å². The lowest BCUT2D eigenvalue weighted by molar-refractivity contribution is 0.0450. The molecule has 1 aromatic carbocycles. The van der Waals surface area contributed by atoms with Gasteiger partial charge >= 0.3 is 0 Å². The molecule has 18 heavy (non-hydrogen) atoms. The Hall–Kier alpha value is -1.26. The molecule has 2 N–H and O–H groups in total. The van der Waals surface area contributed by atoms with Crippen molar-refractivity contribution in [3.05, 3.63) is 24.3 Å². The van der Waals surface area contributed by atoms with Gasteiger partial charge < -0.3 is 20.1 Å². The van der Waals surface area contributed by atoms with Crippen molar-refractivity contribution in [3.8, 4) is 5.75 Å². The number of nitrogens with zero attached hydrogens (tertiary/aromatic N) is 1. The zero-order valence-electron chi connectivity index (χ0n) is 11.1. The van der Waals surface area contributed by atoms with Crippen molar-refractivity contribution in [1.82, 2.24) is 0 Å². The van der Waals surface area contributed by atoms with Crippen molar-refractivity contribution in [1.29, 1.82) is 0 Å². The third-order valence-corrected chi connectivity index (χ3v) is 3.54. The molecule has 4 nitrogen and oxygen atoms in total. The minimum Gasteiger partial charge on any atom is -0.497 e. The molecule has 1 fully saturated rings. The van der Waals surface area contributed by atoms with Gasteiger partial charge in [0, 0.05) is 43.9 Å². The van der Waals surface area contributed by atoms with Gasteiger partial charge in [0.15, 0.2) is 0 Å². The normalized spacial score (nSPS) is 23.7. The topological polar surface area (TPSA) is 47.7 Å². The van der Waals surface area contributed by atoms with Gasteiger partial charge in [-0.05, 0) is 18.6 Å². The van der Waals surface area contributed by atoms with E-state index < -0.39 is 0 Å². The molecule has 1 saturated heterocycles. The van der Waals surface area contributed by atoms with Crippen LogP contribution in [-0.4, -0.2) is 40.0 Å². The van der Waals surface area contributed by atoms with Crippen molar-refractivity contribution in [2.24, 2.45) is 11.7 Å². The molecule has 0 aliphatic carbocycles. The molecular weight excluding hydrogens is 228 g/mol. The Balaban J connectivity index is 1.99. The van der Waals surface area contributed by atoms with Gasteiger partial charge in [-0.3, -0.25) is 0 Å². The van der Waals surface area contributed by atoms with E-state index in [2.05, 4.69) is 18.0 Å². The number of benzene rings is 1. The summed E-state index contributed by atoms with van der Waals surface area (Å²) in [6.07, 6.45) is 0.955. The molecule has 0 radical (unpaired) electrons. The Morgan fingerprint density at radius 3 is 3.06 bits per heavy atom. The second kappa shape index (κ2) is 6.07. The first kappa shape index (κ1) is 13.2. The molecule has 1 heterocycles. The summed E-state index contributed by atoms with van der Waals surface area (Å²) in [5.74, 6) is 1.28. The Morgan fingerprint density at radius 1 is 1.50 bits per heavy atom. The van der Waals surface area contributed by atoms with Crippen molar-refractivity contribution < 1.29 is 9.47 Å². The van der Waals surface area contributed by atoms with Crippen molar-refractivity contribution in [2.75, 3.05) is 38.8 Å². The van der Waals surface area contributed by atoms with E-state index in [-0.39, 0.29) is 6.04 Å². The molecule has 100 valence electrons. The van der Waals surface area contributed by atoms with E-state index in [9.17, 15) is 0 Å². The molecule has 4 heteroatoms. The Labute approximate surface area is 109 Å². The van der Waals surface area contributed by atoms with E-state index in [1.165, 1.54) is 0 Å². The summed E-state index contributed by atoms with van der Waals surface area (Å²) < 4.78 is 10.7. The largest absolute Gasteiger partial charge is 0.497 e. The second-order valence-corrected chi connectivity index (χ2v) is 4.87. The van der Waals surface area contributed by atoms with Crippen LogP contribution in [0, 0.1) is 5.92 Å². The fourth-order valence-electron chi connectivity index (χ4n) is 2.31. The number of anilines is 1. The van der Waals surface area contributed by atoms with Crippen LogP contribution >= 0.6 is 0 Å². The predicted molar refractivity (Wildman–Crippen MR) is 73.2 cm³/mol. The van der Waals surface area contributed by atoms with Gasteiger partial charge in [0.25, 0.3) is 0 Å². The van der Waals surface area contributed by atoms with Gasteiger partial charge in [0.1, 0.15) is 5.75 Å². The fraction of sp³-hybridized carbons (Fsp3) is 0.571. The van der Waals surface area contributed by atoms with E-state index in [0.29, 0.717) is 5.92 Å². The van der Waals surface area contributed by atoms with Crippen LogP contribution in [0.15, 0.2) is 24.3 Å². The van der Waals surface area contributed by atoms with E-state index in [0.717, 1.165) is 37.6 Å². The first-order chi connectivity index (χ1) is 8.70. The molecule has 2 rings (SSSR count). The van der Waals surface area contributed by atoms with Gasteiger partial charge in [0.05, 0.1) is 13.7 Å². The fourth-order valence-corrected chi connectivity index (χ4v) is 2.31. The van der Waals surface area contributed by atoms with Crippen LogP contribution in [0.1, 0.15) is 6.42 Å². The number of ether oxygens (including phenoxy) is 2. The summed E-state index contributed by atoms with van der Waals surface area (Å²) >= 11 is 0. The highest BCUT2D eigenvalue weighted by atomic mass is 16.5. The second-order valence-electron chi connectivity index (χ2n) is 4.87. The zero-order chi connectivity index (χ0) is 13.0. The Morgan fingerprint density at radius 2 is 2.33 bits per heavy atom. The van der Waals surface area contributed by atoms with E-state index in [1.54, 1.807) is 7.11 Å². The van der Waals surface area contributed by atoms with Crippen LogP contribution in [0.4, 0.5) is 5.69 Å². The Kier molecular flexibility index (Phi) is 4.44. The number of hydrogen-bond acceptors (Lipinski definition) is 4. The summed E-state index contributed by atoms with van der Waals surface area (Å²) in [5, 5.41) is 0. The van der Waals surface area contributed by atoms with Crippen LogP contribution in [-0.2, 0) is 4.74 Å². The summed E-state index contributed by atoms with van der Waals surface area (Å²) in [7, 11) is 3.76. The molecule has 0 amide bonds. The number of hydrogen-bond donors (Lipinski definition) is 1. The highest BCUT2D eigenvalue weighted by molar-refractivity contribution is 5.50. The van der Waals surface area contributed by atoms with Crippen LogP contribution in [0.2, 0.25) is 0 Å². The monoisotopic (exact) mass is 250 g/mol. The highest BCUT2D eigenvalue weighted by Crippen LogP contribution is 2.22. The van der Waals surface area contributed by atoms with Crippen LogP contribution in [0.3, 0.4) is 0 Å². The molecule has 1 aromatic rings. The standard InChI is InChI=1S/C14H22N2O2/c1-16(9-11-10-18-7-6-14(11)15)12-4-3-5-13(8-12)17-2/h3-5,8,11,14H,6-7,9-10,15H2,1-2H3. The minimum absolute atomic E-state index is 0.242. The minimum atomic E-state index is 0.242. The third kappa shape index (κ3) is 3.15. The lowest BCUT2D eigenvalue weighted by Gasteiger charge is -2.32. The first-order valence-corrected chi connectivity index (χ1v) is 6.39. The first-order valence-electron chi connectivity index (χ1n) is 6.39. The maximum absolute atomic E-state index is 6.13. The predicted octanol–water partition coefficient (Wildman–Crippen LogP) is 1.50. The lowest BCUT2D eigenvalue weighted by Crippen LogP contribution is -2.44. The lowest BCUT2D eigenvalue weighted by atomic mass is 9.96. The smallest absolute Gasteiger partial charge is 0.120 e. The molecule has 1 aliphatic heterocycles. The summed E-state index contributed by atoms with van der Waals surface area (Å²) in [6.45, 7) is 2.46. The van der Waals surface area contributed by atoms with Gasteiger partial charge in [-0.2, -0.15) is 0 Å². The van der Waals surface area contributed by atoms with Gasteiger partial charge in [-0.15, -0.1) is 0 Å². The maximum atomic E-state index is 6.13. The number of methoxy groups -OCH3 is 1. The van der Waals surface area contributed by atoms with Gasteiger partial charge in [0.2, 0.25) is 0 Å². The number of nitrogens with two attached hydrogens (primary N) is 1. The molecule has 2 atom stereocenters. The van der Waals surface area contributed by atoms with Crippen molar-refractivity contribution in [3.63, 3.8) is 0 Å². The van der Waals surface area contributed by atoms with Crippen LogP contribution < -0.4 is 15.4 Å². The third-order valence-electron chi connectivity index (χ3n) is 3.54. The summed E-state index contributed by atoms with van der Waals surface area (Å²) in [5.41, 5.74) is 7.28. The average Bonchev–Trinajstić information content (AvgIpc) is 2.41. The van der Waals surface area contributed by atoms with Crippen LogP contribution in [0.25, 0.3) is 0 Å². The van der Waals surface area contributed by atoms with Gasteiger partial charge in [-0.25, -0.2) is 0 Å². The number of rotatable bonds is 4. The molecule has 0 spiro atoms. The maximum Gasteiger partial charge on any atom is 0.120 e. The summed E-state index contributed by atoms with van der Waals surface area (Å²) in [4.78, 5) is 2.21.